The van der Waals surface area contributed by atoms with Crippen LogP contribution in [0.2, 0.25) is 5.02 Å². The number of carbonyl (C=O) groups is 3. The zero-order valence-corrected chi connectivity index (χ0v) is 26.5. The maximum atomic E-state index is 14.8. The van der Waals surface area contributed by atoms with E-state index in [1.807, 2.05) is 0 Å². The second-order valence-electron chi connectivity index (χ2n) is 12.3. The van der Waals surface area contributed by atoms with E-state index in [-0.39, 0.29) is 51.4 Å². The maximum absolute atomic E-state index is 14.8. The molecule has 14 heteroatoms. The van der Waals surface area contributed by atoms with Crippen molar-refractivity contribution in [3.8, 4) is 23.1 Å². The van der Waals surface area contributed by atoms with Crippen LogP contribution in [-0.4, -0.2) is 89.6 Å². The van der Waals surface area contributed by atoms with Crippen molar-refractivity contribution >= 4 is 35.0 Å². The average molecular weight is 655 g/mol. The first-order valence-electron chi connectivity index (χ1n) is 14.9. The third kappa shape index (κ3) is 6.98. The molecule has 46 heavy (non-hydrogen) atoms. The number of amides is 3. The summed E-state index contributed by atoms with van der Waals surface area (Å²) in [6.07, 6.45) is 3.33. The molecule has 1 atom stereocenters. The molecule has 0 aliphatic carbocycles. The lowest BCUT2D eigenvalue weighted by Gasteiger charge is -2.32. The van der Waals surface area contributed by atoms with E-state index in [0.717, 1.165) is 24.0 Å². The van der Waals surface area contributed by atoms with Crippen LogP contribution in [0.25, 0.3) is 11.3 Å². The Morgan fingerprint density at radius 2 is 1.87 bits per heavy atom. The molecule has 0 unspecified atom stereocenters. The molecule has 0 saturated carbocycles. The second-order valence-corrected chi connectivity index (χ2v) is 12.7. The number of imidazole rings is 1. The maximum Gasteiger partial charge on any atom is 0.291 e. The SMILES string of the molecule is Cn1c(-c2ccc(OCC#N)c(F)c2F)cnc1C(=O)Nc1ccc(C(=O)N2CCC(C(=O)N[C@H]3CC[N+](C)(C)C3)CC2)c(Cl)c1. The Bertz CT molecular complexity index is 1710. The van der Waals surface area contributed by atoms with Gasteiger partial charge in [-0.05, 0) is 43.2 Å². The van der Waals surface area contributed by atoms with Crippen LogP contribution in [0.1, 0.15) is 40.2 Å². The van der Waals surface area contributed by atoms with Crippen molar-refractivity contribution in [2.75, 3.05) is 52.2 Å². The molecular weight excluding hydrogens is 620 g/mol. The number of ether oxygens (including phenoxy) is 1. The largest absolute Gasteiger partial charge is 0.476 e. The van der Waals surface area contributed by atoms with Crippen molar-refractivity contribution < 1.29 is 32.4 Å². The number of nitrogens with zero attached hydrogens (tertiary/aromatic N) is 5. The number of hydrogen-bond donors (Lipinski definition) is 2. The van der Waals surface area contributed by atoms with E-state index in [1.165, 1.54) is 48.1 Å². The Morgan fingerprint density at radius 1 is 1.13 bits per heavy atom. The minimum Gasteiger partial charge on any atom is -0.476 e. The first-order valence-corrected chi connectivity index (χ1v) is 15.3. The van der Waals surface area contributed by atoms with Crippen LogP contribution in [0.4, 0.5) is 14.5 Å². The number of nitriles is 1. The lowest BCUT2D eigenvalue weighted by atomic mass is 9.95. The van der Waals surface area contributed by atoms with Crippen molar-refractivity contribution in [3.05, 3.63) is 64.6 Å². The first-order chi connectivity index (χ1) is 21.9. The Balaban J connectivity index is 1.19. The topological polar surface area (TPSA) is 129 Å². The summed E-state index contributed by atoms with van der Waals surface area (Å²) in [5.74, 6) is -3.95. The highest BCUT2D eigenvalue weighted by atomic mass is 35.5. The Labute approximate surface area is 270 Å². The zero-order chi connectivity index (χ0) is 33.2. The fraction of sp³-hybridized carbons (Fsp3) is 0.406. The van der Waals surface area contributed by atoms with Crippen LogP contribution >= 0.6 is 11.6 Å². The molecule has 0 spiro atoms. The summed E-state index contributed by atoms with van der Waals surface area (Å²) in [6.45, 7) is 2.37. The normalized spacial score (nSPS) is 17.8. The first kappa shape index (κ1) is 32.8. The van der Waals surface area contributed by atoms with Gasteiger partial charge in [-0.3, -0.25) is 14.4 Å². The third-order valence-corrected chi connectivity index (χ3v) is 8.87. The van der Waals surface area contributed by atoms with Gasteiger partial charge < -0.3 is 29.3 Å². The van der Waals surface area contributed by atoms with E-state index in [4.69, 9.17) is 21.6 Å². The van der Waals surface area contributed by atoms with Crippen molar-refractivity contribution in [2.24, 2.45) is 13.0 Å². The molecule has 11 nitrogen and oxygen atoms in total. The van der Waals surface area contributed by atoms with Gasteiger partial charge in [0.25, 0.3) is 11.8 Å². The Hall–Kier alpha value is -4.54. The van der Waals surface area contributed by atoms with Crippen LogP contribution in [0.5, 0.6) is 5.75 Å². The number of rotatable bonds is 8. The van der Waals surface area contributed by atoms with Gasteiger partial charge in [0, 0.05) is 43.7 Å². The van der Waals surface area contributed by atoms with Crippen molar-refractivity contribution in [3.63, 3.8) is 0 Å². The second kappa shape index (κ2) is 13.4. The van der Waals surface area contributed by atoms with Crippen molar-refractivity contribution in [2.45, 2.75) is 25.3 Å². The molecule has 2 saturated heterocycles. The van der Waals surface area contributed by atoms with E-state index in [1.54, 1.807) is 11.0 Å². The lowest BCUT2D eigenvalue weighted by molar-refractivity contribution is -0.878. The molecule has 2 aliphatic rings. The number of hydrogen-bond acceptors (Lipinski definition) is 6. The molecule has 242 valence electrons. The smallest absolute Gasteiger partial charge is 0.291 e. The molecule has 2 aromatic carbocycles. The average Bonchev–Trinajstić information content (AvgIpc) is 3.58. The van der Waals surface area contributed by atoms with Gasteiger partial charge in [0.15, 0.2) is 24.0 Å². The summed E-state index contributed by atoms with van der Waals surface area (Å²) >= 11 is 6.47. The molecule has 1 aromatic heterocycles. The van der Waals surface area contributed by atoms with Gasteiger partial charge in [-0.25, -0.2) is 9.37 Å². The van der Waals surface area contributed by atoms with E-state index in [0.29, 0.717) is 31.6 Å². The summed E-state index contributed by atoms with van der Waals surface area (Å²) in [7, 11) is 5.79. The lowest BCUT2D eigenvalue weighted by Crippen LogP contribution is -2.47. The van der Waals surface area contributed by atoms with Crippen LogP contribution in [0.15, 0.2) is 36.5 Å². The summed E-state index contributed by atoms with van der Waals surface area (Å²) in [6, 6.07) is 8.85. The number of quaternary nitrogens is 1. The fourth-order valence-electron chi connectivity index (χ4n) is 6.01. The molecule has 5 rings (SSSR count). The quantitative estimate of drug-likeness (QED) is 0.354. The van der Waals surface area contributed by atoms with Crippen LogP contribution in [0.3, 0.4) is 0 Å². The molecule has 2 N–H and O–H groups in total. The molecule has 3 aromatic rings. The Kier molecular flexibility index (Phi) is 9.60. The van der Waals surface area contributed by atoms with E-state index in [9.17, 15) is 23.2 Å². The van der Waals surface area contributed by atoms with E-state index in [2.05, 4.69) is 29.7 Å². The molecule has 0 bridgehead atoms. The number of carbonyl (C=O) groups excluding carboxylic acids is 3. The summed E-state index contributed by atoms with van der Waals surface area (Å²) in [5, 5.41) is 14.6. The van der Waals surface area contributed by atoms with E-state index >= 15 is 0 Å². The highest BCUT2D eigenvalue weighted by molar-refractivity contribution is 6.34. The van der Waals surface area contributed by atoms with Crippen LogP contribution in [-0.2, 0) is 11.8 Å². The molecular formula is C32H35ClF2N7O4+. The molecule has 3 heterocycles. The monoisotopic (exact) mass is 654 g/mol. The van der Waals surface area contributed by atoms with Gasteiger partial charge in [0.1, 0.15) is 6.07 Å². The van der Waals surface area contributed by atoms with Gasteiger partial charge in [-0.15, -0.1) is 0 Å². The molecule has 3 amide bonds. The van der Waals surface area contributed by atoms with Gasteiger partial charge in [0.05, 0.1) is 55.7 Å². The molecule has 2 aliphatic heterocycles. The number of piperidine rings is 1. The number of anilines is 1. The minimum absolute atomic E-state index is 0.0498. The zero-order valence-electron chi connectivity index (χ0n) is 25.8. The number of halogens is 3. The van der Waals surface area contributed by atoms with Gasteiger partial charge in [-0.2, -0.15) is 9.65 Å². The highest BCUT2D eigenvalue weighted by Gasteiger charge is 2.35. The van der Waals surface area contributed by atoms with Crippen molar-refractivity contribution in [1.29, 1.82) is 5.26 Å². The van der Waals surface area contributed by atoms with Crippen LogP contribution < -0.4 is 15.4 Å². The predicted octanol–water partition coefficient (Wildman–Crippen LogP) is 3.99. The third-order valence-electron chi connectivity index (χ3n) is 8.56. The highest BCUT2D eigenvalue weighted by Crippen LogP contribution is 2.31. The van der Waals surface area contributed by atoms with Gasteiger partial charge in [-0.1, -0.05) is 11.6 Å². The summed E-state index contributed by atoms with van der Waals surface area (Å²) < 4.78 is 36.4. The summed E-state index contributed by atoms with van der Waals surface area (Å²) in [5.41, 5.74) is 0.558. The Morgan fingerprint density at radius 3 is 2.52 bits per heavy atom. The minimum atomic E-state index is -1.26. The number of likely N-dealkylation sites (N-methyl/N-ethyl adjacent to an activating group) is 1. The number of nitrogens with one attached hydrogen (secondary N) is 2. The standard InChI is InChI=1S/C32H34ClF2N7O4/c1-40-25(23-6-7-26(46-15-11-36)28(35)27(23)34)17-37-29(40)31(44)38-20-4-5-22(24(33)16-20)32(45)41-12-8-19(9-13-41)30(43)39-21-10-14-42(2,3)18-21/h4-7,16-17,19,21H,8-10,12-15,18H2,1-3H3,(H-,38,39,43,44,45)/p+1/t21-/m0/s1. The number of aromatic nitrogens is 2. The number of likely N-dealkylation sites (tertiary alicyclic amines) is 2. The van der Waals surface area contributed by atoms with Gasteiger partial charge >= 0.3 is 0 Å². The predicted molar refractivity (Wildman–Crippen MR) is 166 cm³/mol. The number of benzene rings is 2. The van der Waals surface area contributed by atoms with Crippen molar-refractivity contribution in [1.82, 2.24) is 19.8 Å². The summed E-state index contributed by atoms with van der Waals surface area (Å²) in [4.78, 5) is 44.9. The molecule has 2 fully saturated rings. The fourth-order valence-corrected chi connectivity index (χ4v) is 6.27. The van der Waals surface area contributed by atoms with E-state index < -0.39 is 29.9 Å². The van der Waals surface area contributed by atoms with Gasteiger partial charge in [0.2, 0.25) is 11.7 Å². The van der Waals surface area contributed by atoms with Crippen LogP contribution in [0, 0.1) is 28.9 Å². The molecule has 0 radical (unpaired) electrons.